The van der Waals surface area contributed by atoms with Crippen LogP contribution in [0, 0.1) is 5.92 Å². The molecule has 186 valence electrons. The molecule has 36 heavy (non-hydrogen) atoms. The van der Waals surface area contributed by atoms with Gasteiger partial charge in [0.15, 0.2) is 0 Å². The largest absolute Gasteiger partial charge is 0.376 e. The van der Waals surface area contributed by atoms with E-state index in [-0.39, 0.29) is 24.3 Å². The number of carbonyl (C=O) groups excluding carboxylic acids is 3. The molecule has 0 spiro atoms. The van der Waals surface area contributed by atoms with Crippen molar-refractivity contribution in [1.82, 2.24) is 10.2 Å². The van der Waals surface area contributed by atoms with Crippen LogP contribution in [0.1, 0.15) is 46.0 Å². The summed E-state index contributed by atoms with van der Waals surface area (Å²) in [6.45, 7) is 4.24. The van der Waals surface area contributed by atoms with E-state index < -0.39 is 0 Å². The van der Waals surface area contributed by atoms with Gasteiger partial charge in [0.25, 0.3) is 11.8 Å². The second-order valence-electron chi connectivity index (χ2n) is 9.21. The second kappa shape index (κ2) is 12.0. The number of likely N-dealkylation sites (tertiary alicyclic amines) is 1. The Kier molecular flexibility index (Phi) is 8.34. The second-order valence-corrected chi connectivity index (χ2v) is 9.21. The summed E-state index contributed by atoms with van der Waals surface area (Å²) in [5, 5.41) is 8.79. The lowest BCUT2D eigenvalue weighted by Crippen LogP contribution is -2.37. The maximum Gasteiger partial charge on any atom is 0.253 e. The van der Waals surface area contributed by atoms with Gasteiger partial charge in [-0.1, -0.05) is 49.4 Å². The molecule has 1 fully saturated rings. The summed E-state index contributed by atoms with van der Waals surface area (Å²) in [6.07, 6.45) is 2.06. The van der Waals surface area contributed by atoms with Crippen LogP contribution >= 0.6 is 0 Å². The average Bonchev–Trinajstić information content (AvgIpc) is 2.91. The Balaban J connectivity index is 1.28. The number of anilines is 2. The third-order valence-corrected chi connectivity index (χ3v) is 6.34. The zero-order valence-corrected chi connectivity index (χ0v) is 20.5. The zero-order valence-electron chi connectivity index (χ0n) is 20.5. The molecule has 7 heteroatoms. The van der Waals surface area contributed by atoms with Gasteiger partial charge < -0.3 is 20.9 Å². The van der Waals surface area contributed by atoms with E-state index >= 15 is 0 Å². The molecule has 1 aliphatic rings. The lowest BCUT2D eigenvalue weighted by Gasteiger charge is -2.30. The highest BCUT2D eigenvalue weighted by Crippen LogP contribution is 2.20. The molecule has 7 nitrogen and oxygen atoms in total. The van der Waals surface area contributed by atoms with Crippen molar-refractivity contribution in [2.24, 2.45) is 5.92 Å². The molecule has 1 saturated heterocycles. The Morgan fingerprint density at radius 2 is 1.50 bits per heavy atom. The number of nitrogens with zero attached hydrogens (tertiary/aromatic N) is 1. The van der Waals surface area contributed by atoms with Crippen molar-refractivity contribution in [2.75, 3.05) is 30.3 Å². The molecule has 0 aliphatic carbocycles. The molecular formula is C29H32N4O3. The van der Waals surface area contributed by atoms with Crippen molar-refractivity contribution in [3.8, 4) is 0 Å². The van der Waals surface area contributed by atoms with Crippen molar-refractivity contribution in [3.05, 3.63) is 95.6 Å². The van der Waals surface area contributed by atoms with E-state index in [9.17, 15) is 14.4 Å². The molecule has 4 rings (SSSR count). The first-order valence-electron chi connectivity index (χ1n) is 12.3. The molecule has 0 saturated carbocycles. The van der Waals surface area contributed by atoms with Gasteiger partial charge in [-0.15, -0.1) is 0 Å². The molecule has 0 atom stereocenters. The topological polar surface area (TPSA) is 90.5 Å². The maximum absolute atomic E-state index is 12.8. The van der Waals surface area contributed by atoms with E-state index in [2.05, 4.69) is 22.9 Å². The molecule has 0 radical (unpaired) electrons. The lowest BCUT2D eigenvalue weighted by molar-refractivity contribution is -0.114. The molecular weight excluding hydrogens is 452 g/mol. The Hall–Kier alpha value is -4.13. The first-order valence-corrected chi connectivity index (χ1v) is 12.3. The summed E-state index contributed by atoms with van der Waals surface area (Å²) in [6, 6.07) is 23.7. The summed E-state index contributed by atoms with van der Waals surface area (Å²) < 4.78 is 0. The van der Waals surface area contributed by atoms with Crippen LogP contribution in [0.4, 0.5) is 11.4 Å². The van der Waals surface area contributed by atoms with E-state index in [0.29, 0.717) is 35.0 Å². The third kappa shape index (κ3) is 6.95. The maximum atomic E-state index is 12.8. The number of hydrogen-bond donors (Lipinski definition) is 3. The predicted molar refractivity (Wildman–Crippen MR) is 142 cm³/mol. The van der Waals surface area contributed by atoms with Crippen molar-refractivity contribution < 1.29 is 14.4 Å². The molecule has 0 bridgehead atoms. The van der Waals surface area contributed by atoms with Crippen LogP contribution in [0.5, 0.6) is 0 Å². The summed E-state index contributed by atoms with van der Waals surface area (Å²) in [4.78, 5) is 39.8. The van der Waals surface area contributed by atoms with E-state index in [1.807, 2.05) is 47.4 Å². The predicted octanol–water partition coefficient (Wildman–Crippen LogP) is 4.54. The van der Waals surface area contributed by atoms with Crippen LogP contribution in [-0.2, 0) is 11.3 Å². The number of hydrogen-bond acceptors (Lipinski definition) is 4. The van der Waals surface area contributed by atoms with Gasteiger partial charge in [0.1, 0.15) is 0 Å². The van der Waals surface area contributed by atoms with Gasteiger partial charge in [-0.05, 0) is 60.7 Å². The van der Waals surface area contributed by atoms with Gasteiger partial charge in [-0.25, -0.2) is 0 Å². The third-order valence-electron chi connectivity index (χ3n) is 6.34. The fraction of sp³-hybridized carbons (Fsp3) is 0.276. The minimum atomic E-state index is -0.251. The Morgan fingerprint density at radius 3 is 2.25 bits per heavy atom. The Labute approximate surface area is 211 Å². The fourth-order valence-corrected chi connectivity index (χ4v) is 4.16. The van der Waals surface area contributed by atoms with Gasteiger partial charge in [0.2, 0.25) is 5.91 Å². The number of benzene rings is 3. The van der Waals surface area contributed by atoms with Gasteiger partial charge in [0, 0.05) is 42.1 Å². The van der Waals surface area contributed by atoms with Crippen LogP contribution < -0.4 is 16.0 Å². The van der Waals surface area contributed by atoms with Gasteiger partial charge in [-0.3, -0.25) is 14.4 Å². The molecule has 3 amide bonds. The van der Waals surface area contributed by atoms with E-state index in [1.165, 1.54) is 0 Å². The van der Waals surface area contributed by atoms with E-state index in [4.69, 9.17) is 0 Å². The molecule has 3 N–H and O–H groups in total. The smallest absolute Gasteiger partial charge is 0.253 e. The highest BCUT2D eigenvalue weighted by molar-refractivity contribution is 5.98. The van der Waals surface area contributed by atoms with Gasteiger partial charge in [-0.2, -0.15) is 0 Å². The van der Waals surface area contributed by atoms with Crippen LogP contribution in [0.15, 0.2) is 78.9 Å². The molecule has 3 aromatic carbocycles. The normalized spacial score (nSPS) is 13.6. The average molecular weight is 485 g/mol. The molecule has 0 aromatic heterocycles. The highest BCUT2D eigenvalue weighted by atomic mass is 16.2. The summed E-state index contributed by atoms with van der Waals surface area (Å²) in [7, 11) is 0. The zero-order chi connectivity index (χ0) is 25.3. The molecule has 1 aliphatic heterocycles. The molecule has 0 unspecified atom stereocenters. The minimum absolute atomic E-state index is 0.0253. The van der Waals surface area contributed by atoms with Crippen molar-refractivity contribution in [3.63, 3.8) is 0 Å². The number of carbonyl (C=O) groups is 3. The summed E-state index contributed by atoms with van der Waals surface area (Å²) in [5.41, 5.74) is 3.34. The summed E-state index contributed by atoms with van der Waals surface area (Å²) >= 11 is 0. The lowest BCUT2D eigenvalue weighted by atomic mass is 9.98. The van der Waals surface area contributed by atoms with E-state index in [1.54, 1.807) is 36.4 Å². The van der Waals surface area contributed by atoms with Gasteiger partial charge in [0.05, 0.1) is 6.54 Å². The van der Waals surface area contributed by atoms with E-state index in [0.717, 1.165) is 31.5 Å². The fourth-order valence-electron chi connectivity index (χ4n) is 4.16. The van der Waals surface area contributed by atoms with Crippen molar-refractivity contribution >= 4 is 29.1 Å². The number of piperidine rings is 1. The van der Waals surface area contributed by atoms with Crippen LogP contribution in [0.25, 0.3) is 0 Å². The minimum Gasteiger partial charge on any atom is -0.376 e. The summed E-state index contributed by atoms with van der Waals surface area (Å²) in [5.74, 6) is 0.221. The van der Waals surface area contributed by atoms with Crippen molar-refractivity contribution in [1.29, 1.82) is 0 Å². The molecule has 3 aromatic rings. The van der Waals surface area contributed by atoms with Crippen molar-refractivity contribution in [2.45, 2.75) is 26.3 Å². The van der Waals surface area contributed by atoms with Crippen LogP contribution in [-0.4, -0.2) is 42.3 Å². The first-order chi connectivity index (χ1) is 17.5. The Bertz CT molecular complexity index is 1200. The standard InChI is InChI=1S/C29H32N4O3/c1-21-13-15-33(16-14-21)29(36)24-10-6-11-25(18-24)30-20-27(34)32-26-12-5-9-23(17-26)28(35)31-19-22-7-3-2-4-8-22/h2-12,17-18,21,30H,13-16,19-20H2,1H3,(H,31,35)(H,32,34). The number of nitrogens with one attached hydrogen (secondary N) is 3. The number of amides is 3. The van der Waals surface area contributed by atoms with Gasteiger partial charge >= 0.3 is 0 Å². The first kappa shape index (κ1) is 25.0. The Morgan fingerprint density at radius 1 is 0.833 bits per heavy atom. The highest BCUT2D eigenvalue weighted by Gasteiger charge is 2.21. The van der Waals surface area contributed by atoms with Crippen LogP contribution in [0.3, 0.4) is 0 Å². The quantitative estimate of drug-likeness (QED) is 0.438. The SMILES string of the molecule is CC1CCN(C(=O)c2cccc(NCC(=O)Nc3cccc(C(=O)NCc4ccccc4)c3)c2)CC1. The van der Waals surface area contributed by atoms with Crippen LogP contribution in [0.2, 0.25) is 0 Å². The number of rotatable bonds is 8. The monoisotopic (exact) mass is 484 g/mol. The molecule has 1 heterocycles.